The molecule has 6 N–H and O–H groups in total. The fourth-order valence-electron chi connectivity index (χ4n) is 5.58. The van der Waals surface area contributed by atoms with E-state index in [0.29, 0.717) is 6.42 Å². The van der Waals surface area contributed by atoms with E-state index in [1.54, 1.807) is 6.08 Å². The summed E-state index contributed by atoms with van der Waals surface area (Å²) < 4.78 is 11.1. The molecule has 0 bridgehead atoms. The summed E-state index contributed by atoms with van der Waals surface area (Å²) in [7, 11) is 0. The largest absolute Gasteiger partial charge is 0.394 e. The van der Waals surface area contributed by atoms with Gasteiger partial charge in [0.05, 0.1) is 25.4 Å². The van der Waals surface area contributed by atoms with Crippen LogP contribution in [-0.2, 0) is 14.3 Å². The first-order valence-corrected chi connectivity index (χ1v) is 18.7. The number of allylic oxidation sites excluding steroid dienone is 5. The van der Waals surface area contributed by atoms with Crippen LogP contribution in [0.5, 0.6) is 0 Å². The Bertz CT molecular complexity index is 833. The van der Waals surface area contributed by atoms with Crippen LogP contribution in [0.4, 0.5) is 0 Å². The van der Waals surface area contributed by atoms with Gasteiger partial charge in [0.1, 0.15) is 24.4 Å². The van der Waals surface area contributed by atoms with Crippen molar-refractivity contribution < 1.29 is 39.8 Å². The van der Waals surface area contributed by atoms with Gasteiger partial charge in [0.25, 0.3) is 0 Å². The highest BCUT2D eigenvalue weighted by Gasteiger charge is 2.44. The van der Waals surface area contributed by atoms with Crippen LogP contribution in [0.25, 0.3) is 0 Å². The Hall–Kier alpha value is -1.59. The van der Waals surface area contributed by atoms with E-state index in [1.165, 1.54) is 64.2 Å². The molecule has 0 aliphatic carbocycles. The number of aliphatic hydroxyl groups excluding tert-OH is 5. The maximum atomic E-state index is 12.8. The van der Waals surface area contributed by atoms with E-state index < -0.39 is 49.5 Å². The van der Waals surface area contributed by atoms with Gasteiger partial charge in [0.2, 0.25) is 5.91 Å². The highest BCUT2D eigenvalue weighted by Crippen LogP contribution is 2.22. The van der Waals surface area contributed by atoms with Crippen LogP contribution in [0.1, 0.15) is 142 Å². The van der Waals surface area contributed by atoms with Gasteiger partial charge in [0, 0.05) is 6.42 Å². The number of amides is 1. The van der Waals surface area contributed by atoms with Crippen molar-refractivity contribution in [2.75, 3.05) is 13.2 Å². The summed E-state index contributed by atoms with van der Waals surface area (Å²) in [6.07, 6.45) is 26.4. The lowest BCUT2D eigenvalue weighted by atomic mass is 9.99. The van der Waals surface area contributed by atoms with E-state index >= 15 is 0 Å². The van der Waals surface area contributed by atoms with Crippen LogP contribution >= 0.6 is 0 Å². The maximum absolute atomic E-state index is 12.8. The molecule has 1 fully saturated rings. The summed E-state index contributed by atoms with van der Waals surface area (Å²) in [5.74, 6) is -0.199. The molecule has 274 valence electrons. The lowest BCUT2D eigenvalue weighted by Gasteiger charge is -2.40. The second-order valence-electron chi connectivity index (χ2n) is 13.0. The molecule has 7 atom stereocenters. The minimum atomic E-state index is -1.57. The van der Waals surface area contributed by atoms with E-state index in [2.05, 4.69) is 43.5 Å². The number of hydrogen-bond acceptors (Lipinski definition) is 8. The number of hydrogen-bond donors (Lipinski definition) is 6. The Labute approximate surface area is 285 Å². The Morgan fingerprint density at radius 1 is 0.702 bits per heavy atom. The van der Waals surface area contributed by atoms with Gasteiger partial charge in [-0.15, -0.1) is 0 Å². The van der Waals surface area contributed by atoms with Crippen molar-refractivity contribution in [2.24, 2.45) is 0 Å². The Morgan fingerprint density at radius 3 is 1.87 bits per heavy atom. The molecule has 1 saturated heterocycles. The van der Waals surface area contributed by atoms with E-state index in [9.17, 15) is 30.3 Å². The predicted octanol–water partition coefficient (Wildman–Crippen LogP) is 6.16. The topological polar surface area (TPSA) is 149 Å². The van der Waals surface area contributed by atoms with Crippen LogP contribution < -0.4 is 5.32 Å². The fourth-order valence-corrected chi connectivity index (χ4v) is 5.58. The standard InChI is InChI=1S/C38H69NO8/c1-3-5-7-9-11-12-13-14-15-16-17-18-19-20-22-24-26-28-34(42)39-31(32(41)27-25-23-21-10-8-6-4-2)30-46-38-37(45)36(44)35(43)33(29-40)47-38/h8,10,14-15,25,27,31-33,35-38,40-41,43-45H,3-7,9,11-13,16-24,26,28-30H2,1-2H3,(H,39,42)/b10-8+,15-14-,27-25+. The average Bonchev–Trinajstić information content (AvgIpc) is 3.07. The fraction of sp³-hybridized carbons (Fsp3) is 0.816. The number of rotatable bonds is 29. The SMILES string of the molecule is CCC/C=C/CC/C=C/C(O)C(COC1OC(CO)C(O)C(O)C1O)NC(=O)CCCCCCCCC/C=C\CCCCCCCC. The molecule has 0 radical (unpaired) electrons. The second-order valence-corrected chi connectivity index (χ2v) is 13.0. The van der Waals surface area contributed by atoms with E-state index in [-0.39, 0.29) is 12.5 Å². The molecule has 0 aromatic carbocycles. The molecule has 7 unspecified atom stereocenters. The average molecular weight is 668 g/mol. The van der Waals surface area contributed by atoms with Crippen molar-refractivity contribution in [3.05, 3.63) is 36.5 Å². The third-order valence-electron chi connectivity index (χ3n) is 8.67. The van der Waals surface area contributed by atoms with Gasteiger partial charge in [-0.2, -0.15) is 0 Å². The Balaban J connectivity index is 2.38. The first-order valence-electron chi connectivity index (χ1n) is 18.7. The molecule has 0 spiro atoms. The molecule has 0 aromatic rings. The molecule has 1 aliphatic heterocycles. The first kappa shape index (κ1) is 43.4. The molecule has 47 heavy (non-hydrogen) atoms. The summed E-state index contributed by atoms with van der Waals surface area (Å²) in [5.41, 5.74) is 0. The summed E-state index contributed by atoms with van der Waals surface area (Å²) >= 11 is 0. The van der Waals surface area contributed by atoms with Gasteiger partial charge in [-0.1, -0.05) is 121 Å². The second kappa shape index (κ2) is 29.3. The highest BCUT2D eigenvalue weighted by molar-refractivity contribution is 5.76. The lowest BCUT2D eigenvalue weighted by molar-refractivity contribution is -0.302. The van der Waals surface area contributed by atoms with Crippen molar-refractivity contribution in [2.45, 2.75) is 185 Å². The number of carbonyl (C=O) groups is 1. The molecule has 1 amide bonds. The van der Waals surface area contributed by atoms with Crippen LogP contribution in [-0.4, -0.2) is 87.5 Å². The van der Waals surface area contributed by atoms with Crippen molar-refractivity contribution in [1.29, 1.82) is 0 Å². The number of aliphatic hydroxyl groups is 5. The molecule has 0 saturated carbocycles. The Morgan fingerprint density at radius 2 is 1.26 bits per heavy atom. The molecule has 1 aliphatic rings. The summed E-state index contributed by atoms with van der Waals surface area (Å²) in [6.45, 7) is 3.61. The normalized spacial score (nSPS) is 23.3. The molecule has 1 rings (SSSR count). The van der Waals surface area contributed by atoms with Crippen LogP contribution in [0, 0.1) is 0 Å². The van der Waals surface area contributed by atoms with Gasteiger partial charge in [0.15, 0.2) is 6.29 Å². The predicted molar refractivity (Wildman–Crippen MR) is 189 cm³/mol. The zero-order chi connectivity index (χ0) is 34.5. The van der Waals surface area contributed by atoms with Gasteiger partial charge in [-0.3, -0.25) is 4.79 Å². The monoisotopic (exact) mass is 668 g/mol. The van der Waals surface area contributed by atoms with Gasteiger partial charge < -0.3 is 40.3 Å². The van der Waals surface area contributed by atoms with E-state index in [0.717, 1.165) is 57.8 Å². The zero-order valence-corrected chi connectivity index (χ0v) is 29.5. The summed E-state index contributed by atoms with van der Waals surface area (Å²) in [6, 6.07) is -0.818. The van der Waals surface area contributed by atoms with Crippen molar-refractivity contribution in [1.82, 2.24) is 5.32 Å². The minimum Gasteiger partial charge on any atom is -0.394 e. The smallest absolute Gasteiger partial charge is 0.220 e. The zero-order valence-electron chi connectivity index (χ0n) is 29.5. The van der Waals surface area contributed by atoms with Crippen LogP contribution in [0.15, 0.2) is 36.5 Å². The number of unbranched alkanes of at least 4 members (excludes halogenated alkanes) is 15. The molecule has 0 aromatic heterocycles. The highest BCUT2D eigenvalue weighted by atomic mass is 16.7. The van der Waals surface area contributed by atoms with Crippen molar-refractivity contribution >= 4 is 5.91 Å². The maximum Gasteiger partial charge on any atom is 0.220 e. The molecular formula is C38H69NO8. The quantitative estimate of drug-likeness (QED) is 0.0411. The lowest BCUT2D eigenvalue weighted by Crippen LogP contribution is -2.60. The summed E-state index contributed by atoms with van der Waals surface area (Å²) in [5, 5.41) is 53.6. The van der Waals surface area contributed by atoms with Gasteiger partial charge in [-0.25, -0.2) is 0 Å². The van der Waals surface area contributed by atoms with Crippen molar-refractivity contribution in [3.63, 3.8) is 0 Å². The molecule has 9 nitrogen and oxygen atoms in total. The molecular weight excluding hydrogens is 598 g/mol. The number of nitrogens with one attached hydrogen (secondary N) is 1. The van der Waals surface area contributed by atoms with Crippen molar-refractivity contribution in [3.8, 4) is 0 Å². The molecule has 1 heterocycles. The molecule has 9 heteroatoms. The first-order chi connectivity index (χ1) is 22.8. The third-order valence-corrected chi connectivity index (χ3v) is 8.67. The van der Waals surface area contributed by atoms with Crippen LogP contribution in [0.2, 0.25) is 0 Å². The van der Waals surface area contributed by atoms with E-state index in [1.807, 2.05) is 6.08 Å². The van der Waals surface area contributed by atoms with Gasteiger partial charge in [-0.05, 0) is 51.4 Å². The van der Waals surface area contributed by atoms with Gasteiger partial charge >= 0.3 is 0 Å². The van der Waals surface area contributed by atoms with Crippen LogP contribution in [0.3, 0.4) is 0 Å². The number of carbonyl (C=O) groups excluding carboxylic acids is 1. The summed E-state index contributed by atoms with van der Waals surface area (Å²) in [4.78, 5) is 12.8. The number of ether oxygens (including phenoxy) is 2. The minimum absolute atomic E-state index is 0.199. The third kappa shape index (κ3) is 21.2. The van der Waals surface area contributed by atoms with E-state index in [4.69, 9.17) is 9.47 Å². The Kier molecular flexibility index (Phi) is 27.1.